The van der Waals surface area contributed by atoms with E-state index in [4.69, 9.17) is 9.72 Å². The maximum Gasteiger partial charge on any atom is 0.196 e. The number of hydrogen-bond donors (Lipinski definition) is 0. The van der Waals surface area contributed by atoms with Crippen molar-refractivity contribution < 1.29 is 4.74 Å². The summed E-state index contributed by atoms with van der Waals surface area (Å²) in [6.07, 6.45) is 5.45. The van der Waals surface area contributed by atoms with Crippen molar-refractivity contribution in [1.29, 1.82) is 0 Å². The molecule has 0 amide bonds. The Balaban J connectivity index is 1.51. The van der Waals surface area contributed by atoms with Crippen molar-refractivity contribution in [1.82, 2.24) is 19.6 Å². The van der Waals surface area contributed by atoms with Gasteiger partial charge in [-0.15, -0.1) is 10.2 Å². The van der Waals surface area contributed by atoms with E-state index in [9.17, 15) is 0 Å². The van der Waals surface area contributed by atoms with Crippen LogP contribution in [-0.2, 0) is 11.3 Å². The van der Waals surface area contributed by atoms with Crippen molar-refractivity contribution in [3.05, 3.63) is 72.2 Å². The number of pyridine rings is 1. The van der Waals surface area contributed by atoms with Gasteiger partial charge >= 0.3 is 0 Å². The minimum atomic E-state index is 0.514. The Kier molecular flexibility index (Phi) is 5.37. The second kappa shape index (κ2) is 8.61. The molecule has 0 spiro atoms. The number of benzene rings is 1. The highest BCUT2D eigenvalue weighted by Crippen LogP contribution is 2.28. The van der Waals surface area contributed by atoms with Crippen LogP contribution in [0.1, 0.15) is 11.1 Å². The van der Waals surface area contributed by atoms with Gasteiger partial charge in [0.25, 0.3) is 0 Å². The molecule has 156 valence electrons. The van der Waals surface area contributed by atoms with E-state index >= 15 is 0 Å². The maximum atomic E-state index is 5.53. The van der Waals surface area contributed by atoms with Gasteiger partial charge in [-0.2, -0.15) is 5.11 Å². The summed E-state index contributed by atoms with van der Waals surface area (Å²) in [5, 5.41) is 13.5. The van der Waals surface area contributed by atoms with E-state index in [2.05, 4.69) is 50.3 Å². The van der Waals surface area contributed by atoms with E-state index in [1.807, 2.05) is 30.5 Å². The highest BCUT2D eigenvalue weighted by molar-refractivity contribution is 5.75. The minimum absolute atomic E-state index is 0.514. The first-order valence-corrected chi connectivity index (χ1v) is 10.3. The summed E-state index contributed by atoms with van der Waals surface area (Å²) in [6, 6.07) is 14.1. The largest absolute Gasteiger partial charge is 0.378 e. The van der Waals surface area contributed by atoms with Gasteiger partial charge in [0.1, 0.15) is 0 Å². The third-order valence-corrected chi connectivity index (χ3v) is 5.23. The van der Waals surface area contributed by atoms with Crippen LogP contribution in [0.25, 0.3) is 16.9 Å². The summed E-state index contributed by atoms with van der Waals surface area (Å²) in [4.78, 5) is 11.2. The summed E-state index contributed by atoms with van der Waals surface area (Å²) in [6.45, 7) is 5.58. The molecule has 0 bridgehead atoms. The molecule has 1 saturated heterocycles. The SMILES string of the molecule is Cc1cccc(CN=Nc2cc(N3CCOCC3)c3nc(-c4ccncc4)cn3n2)c1. The number of imidazole rings is 1. The lowest BCUT2D eigenvalue weighted by Gasteiger charge is -2.28. The quantitative estimate of drug-likeness (QED) is 0.458. The van der Waals surface area contributed by atoms with Crippen LogP contribution in [0.4, 0.5) is 11.5 Å². The normalized spacial score (nSPS) is 14.5. The fourth-order valence-corrected chi connectivity index (χ4v) is 3.70. The topological polar surface area (TPSA) is 80.3 Å². The molecule has 8 nitrogen and oxygen atoms in total. The smallest absolute Gasteiger partial charge is 0.196 e. The van der Waals surface area contributed by atoms with Crippen LogP contribution in [0.2, 0.25) is 0 Å². The molecule has 0 saturated carbocycles. The number of morpholine rings is 1. The molecule has 4 heterocycles. The zero-order chi connectivity index (χ0) is 21.0. The van der Waals surface area contributed by atoms with Crippen LogP contribution in [0.3, 0.4) is 0 Å². The van der Waals surface area contributed by atoms with Crippen LogP contribution >= 0.6 is 0 Å². The molecule has 5 rings (SSSR count). The number of fused-ring (bicyclic) bond motifs is 1. The predicted octanol–water partition coefficient (Wildman–Crippen LogP) is 4.22. The summed E-state index contributed by atoms with van der Waals surface area (Å²) in [5.74, 6) is 0.556. The molecule has 1 aromatic carbocycles. The highest BCUT2D eigenvalue weighted by Gasteiger charge is 2.18. The molecule has 0 aliphatic carbocycles. The van der Waals surface area contributed by atoms with Gasteiger partial charge in [-0.05, 0) is 24.6 Å². The second-order valence-electron chi connectivity index (χ2n) is 7.51. The number of nitrogens with zero attached hydrogens (tertiary/aromatic N) is 7. The van der Waals surface area contributed by atoms with E-state index in [1.54, 1.807) is 16.9 Å². The average molecular weight is 413 g/mol. The summed E-state index contributed by atoms with van der Waals surface area (Å²) in [7, 11) is 0. The highest BCUT2D eigenvalue weighted by atomic mass is 16.5. The van der Waals surface area contributed by atoms with E-state index < -0.39 is 0 Å². The van der Waals surface area contributed by atoms with Gasteiger partial charge in [-0.1, -0.05) is 29.8 Å². The zero-order valence-electron chi connectivity index (χ0n) is 17.3. The molecule has 0 unspecified atom stereocenters. The van der Waals surface area contributed by atoms with Crippen molar-refractivity contribution >= 4 is 17.2 Å². The number of azo groups is 1. The first-order chi connectivity index (χ1) is 15.3. The number of rotatable bonds is 5. The molecule has 3 aromatic heterocycles. The van der Waals surface area contributed by atoms with Crippen LogP contribution in [0.5, 0.6) is 0 Å². The number of hydrogen-bond acceptors (Lipinski definition) is 7. The van der Waals surface area contributed by atoms with Crippen molar-refractivity contribution in [2.45, 2.75) is 13.5 Å². The average Bonchev–Trinajstić information content (AvgIpc) is 3.24. The molecule has 4 aromatic rings. The van der Waals surface area contributed by atoms with Gasteiger partial charge in [-0.25, -0.2) is 9.50 Å². The molecule has 1 aliphatic heterocycles. The summed E-state index contributed by atoms with van der Waals surface area (Å²) >= 11 is 0. The number of anilines is 1. The van der Waals surface area contributed by atoms with Gasteiger partial charge in [0.15, 0.2) is 11.5 Å². The monoisotopic (exact) mass is 413 g/mol. The third-order valence-electron chi connectivity index (χ3n) is 5.23. The Hall–Kier alpha value is -3.65. The van der Waals surface area contributed by atoms with E-state index in [-0.39, 0.29) is 0 Å². The van der Waals surface area contributed by atoms with Crippen molar-refractivity contribution in [3.63, 3.8) is 0 Å². The van der Waals surface area contributed by atoms with Crippen molar-refractivity contribution in [2.24, 2.45) is 10.2 Å². The fraction of sp³-hybridized carbons (Fsp3) is 0.261. The summed E-state index contributed by atoms with van der Waals surface area (Å²) < 4.78 is 7.32. The third kappa shape index (κ3) is 4.29. The molecule has 8 heteroatoms. The van der Waals surface area contributed by atoms with E-state index in [0.717, 1.165) is 41.2 Å². The minimum Gasteiger partial charge on any atom is -0.378 e. The molecular weight excluding hydrogens is 390 g/mol. The summed E-state index contributed by atoms with van der Waals surface area (Å²) in [5.41, 5.74) is 5.97. The van der Waals surface area contributed by atoms with Crippen molar-refractivity contribution in [3.8, 4) is 11.3 Å². The first-order valence-electron chi connectivity index (χ1n) is 10.3. The fourth-order valence-electron chi connectivity index (χ4n) is 3.70. The standard InChI is InChI=1S/C23H23N7O/c1-17-3-2-4-18(13-17)15-25-27-22-14-21(29-9-11-31-12-10-29)23-26-20(16-30(23)28-22)19-5-7-24-8-6-19/h2-8,13-14,16H,9-12,15H2,1H3. The lowest BCUT2D eigenvalue weighted by Crippen LogP contribution is -2.36. The first kappa shape index (κ1) is 19.3. The van der Waals surface area contributed by atoms with Crippen molar-refractivity contribution in [2.75, 3.05) is 31.2 Å². The Morgan fingerprint density at radius 3 is 2.71 bits per heavy atom. The van der Waals surface area contributed by atoms with Crippen LogP contribution < -0.4 is 4.90 Å². The van der Waals surface area contributed by atoms with E-state index in [0.29, 0.717) is 25.6 Å². The van der Waals surface area contributed by atoms with Gasteiger partial charge in [0.05, 0.1) is 37.3 Å². The van der Waals surface area contributed by atoms with Crippen LogP contribution in [0.15, 0.2) is 71.3 Å². The molecule has 1 aliphatic rings. The molecule has 0 atom stereocenters. The Morgan fingerprint density at radius 2 is 1.90 bits per heavy atom. The lowest BCUT2D eigenvalue weighted by atomic mass is 10.1. The number of ether oxygens (including phenoxy) is 1. The Labute approximate surface area is 180 Å². The molecule has 0 N–H and O–H groups in total. The number of aromatic nitrogens is 4. The molecule has 1 fully saturated rings. The Bertz CT molecular complexity index is 1210. The molecule has 0 radical (unpaired) electrons. The van der Waals surface area contributed by atoms with Gasteiger partial charge in [0.2, 0.25) is 0 Å². The van der Waals surface area contributed by atoms with Gasteiger partial charge < -0.3 is 9.64 Å². The lowest BCUT2D eigenvalue weighted by molar-refractivity contribution is 0.123. The van der Waals surface area contributed by atoms with Crippen LogP contribution in [-0.4, -0.2) is 45.9 Å². The number of aryl methyl sites for hydroxylation is 1. The zero-order valence-corrected chi connectivity index (χ0v) is 17.3. The predicted molar refractivity (Wildman–Crippen MR) is 119 cm³/mol. The van der Waals surface area contributed by atoms with E-state index in [1.165, 1.54) is 5.56 Å². The van der Waals surface area contributed by atoms with Gasteiger partial charge in [0, 0.05) is 37.1 Å². The maximum absolute atomic E-state index is 5.53. The van der Waals surface area contributed by atoms with Crippen LogP contribution in [0, 0.1) is 6.92 Å². The second-order valence-corrected chi connectivity index (χ2v) is 7.51. The molecule has 31 heavy (non-hydrogen) atoms. The van der Waals surface area contributed by atoms with Gasteiger partial charge in [-0.3, -0.25) is 4.98 Å². The molecular formula is C23H23N7O. The Morgan fingerprint density at radius 1 is 1.06 bits per heavy atom.